The van der Waals surface area contributed by atoms with Gasteiger partial charge < -0.3 is 0 Å². The Kier molecular flexibility index (Phi) is 5.48. The minimum absolute atomic E-state index is 0.297. The van der Waals surface area contributed by atoms with Crippen LogP contribution in [0, 0.1) is 0 Å². The van der Waals surface area contributed by atoms with Gasteiger partial charge in [-0.3, -0.25) is 19.7 Å². The molecule has 33 heavy (non-hydrogen) atoms. The Morgan fingerprint density at radius 1 is 0.970 bits per heavy atom. The van der Waals surface area contributed by atoms with Crippen molar-refractivity contribution in [3.63, 3.8) is 0 Å². The predicted octanol–water partition coefficient (Wildman–Crippen LogP) is 5.69. The van der Waals surface area contributed by atoms with Crippen LogP contribution in [0.2, 0.25) is 0 Å². The highest BCUT2D eigenvalue weighted by molar-refractivity contribution is 7.22. The van der Waals surface area contributed by atoms with Crippen molar-refractivity contribution < 1.29 is 14.4 Å². The lowest BCUT2D eigenvalue weighted by Gasteiger charge is -2.14. The lowest BCUT2D eigenvalue weighted by molar-refractivity contribution is 0.0925. The average Bonchev–Trinajstić information content (AvgIpc) is 3.35. The van der Waals surface area contributed by atoms with E-state index in [0.717, 1.165) is 34.4 Å². The number of hydrogen-bond acceptors (Lipinski definition) is 5. The summed E-state index contributed by atoms with van der Waals surface area (Å²) in [5.41, 5.74) is 3.75. The van der Waals surface area contributed by atoms with Crippen molar-refractivity contribution in [3.05, 3.63) is 89.0 Å². The minimum atomic E-state index is -0.361. The molecule has 3 aromatic carbocycles. The van der Waals surface area contributed by atoms with E-state index < -0.39 is 0 Å². The Hall–Kier alpha value is -3.84. The first-order valence-corrected chi connectivity index (χ1v) is 11.7. The number of nitrogens with zero attached hydrogens (tertiary/aromatic N) is 2. The fourth-order valence-corrected chi connectivity index (χ4v) is 4.84. The fraction of sp³-hybridized carbons (Fsp3) is 0.154. The Bertz CT molecular complexity index is 1360. The van der Waals surface area contributed by atoms with E-state index in [9.17, 15) is 14.4 Å². The van der Waals surface area contributed by atoms with Crippen LogP contribution in [0.3, 0.4) is 0 Å². The van der Waals surface area contributed by atoms with Crippen LogP contribution in [0.4, 0.5) is 10.8 Å². The minimum Gasteiger partial charge on any atom is -0.298 e. The van der Waals surface area contributed by atoms with Gasteiger partial charge in [-0.05, 0) is 66.9 Å². The van der Waals surface area contributed by atoms with E-state index in [-0.39, 0.29) is 17.7 Å². The largest absolute Gasteiger partial charge is 0.298 e. The first-order valence-electron chi connectivity index (χ1n) is 10.8. The summed E-state index contributed by atoms with van der Waals surface area (Å²) in [5, 5.41) is 3.39. The predicted molar refractivity (Wildman–Crippen MR) is 130 cm³/mol. The van der Waals surface area contributed by atoms with Crippen molar-refractivity contribution in [2.45, 2.75) is 26.2 Å². The summed E-state index contributed by atoms with van der Waals surface area (Å²) in [6, 6.07) is 19.4. The third-order valence-corrected chi connectivity index (χ3v) is 6.61. The summed E-state index contributed by atoms with van der Waals surface area (Å²) in [5.74, 6) is -1.02. The quantitative estimate of drug-likeness (QED) is 0.379. The number of nitrogens with one attached hydrogen (secondary N) is 1. The number of benzene rings is 3. The maximum atomic E-state index is 12.7. The van der Waals surface area contributed by atoms with Crippen LogP contribution in [0.15, 0.2) is 66.7 Å². The van der Waals surface area contributed by atoms with Crippen LogP contribution in [-0.2, 0) is 6.42 Å². The number of amides is 3. The van der Waals surface area contributed by atoms with Crippen molar-refractivity contribution in [2.75, 3.05) is 10.2 Å². The summed E-state index contributed by atoms with van der Waals surface area (Å²) in [7, 11) is 0. The first-order chi connectivity index (χ1) is 16.0. The zero-order valence-electron chi connectivity index (χ0n) is 18.0. The number of carbonyl (C=O) groups is 3. The van der Waals surface area contributed by atoms with E-state index >= 15 is 0 Å². The second kappa shape index (κ2) is 8.60. The Labute approximate surface area is 194 Å². The summed E-state index contributed by atoms with van der Waals surface area (Å²) in [6.07, 6.45) is 3.32. The topological polar surface area (TPSA) is 79.4 Å². The number of rotatable bonds is 6. The van der Waals surface area contributed by atoms with Crippen LogP contribution < -0.4 is 10.2 Å². The number of hydrogen-bond donors (Lipinski definition) is 1. The molecule has 5 rings (SSSR count). The van der Waals surface area contributed by atoms with Crippen molar-refractivity contribution in [1.29, 1.82) is 0 Å². The van der Waals surface area contributed by atoms with Crippen LogP contribution in [0.1, 0.15) is 56.4 Å². The van der Waals surface area contributed by atoms with Gasteiger partial charge in [-0.15, -0.1) is 0 Å². The molecule has 0 aliphatic carbocycles. The van der Waals surface area contributed by atoms with Crippen LogP contribution in [0.25, 0.3) is 10.2 Å². The van der Waals surface area contributed by atoms with Crippen LogP contribution in [-0.4, -0.2) is 22.7 Å². The molecule has 2 heterocycles. The number of unbranched alkanes of at least 4 members (excludes halogenated alkanes) is 1. The number of aromatic nitrogens is 1. The van der Waals surface area contributed by atoms with E-state index in [0.29, 0.717) is 27.5 Å². The zero-order valence-corrected chi connectivity index (χ0v) is 18.8. The van der Waals surface area contributed by atoms with Gasteiger partial charge in [0.1, 0.15) is 0 Å². The SMILES string of the molecule is CCCCc1ccc2nc(NC(=O)c3ccc(N4C(=O)c5ccccc5C4=O)cc3)sc2c1. The molecule has 0 saturated carbocycles. The number of aryl methyl sites for hydroxylation is 1. The number of carbonyl (C=O) groups excluding carboxylic acids is 3. The van der Waals surface area contributed by atoms with Gasteiger partial charge in [0.05, 0.1) is 27.0 Å². The Morgan fingerprint density at radius 3 is 2.33 bits per heavy atom. The molecule has 0 bridgehead atoms. The lowest BCUT2D eigenvalue weighted by atomic mass is 10.1. The highest BCUT2D eigenvalue weighted by Crippen LogP contribution is 2.30. The Morgan fingerprint density at radius 2 is 1.67 bits per heavy atom. The Balaban J connectivity index is 1.31. The molecule has 1 aromatic heterocycles. The molecule has 0 spiro atoms. The molecule has 7 heteroatoms. The molecule has 1 aliphatic rings. The third-order valence-electron chi connectivity index (χ3n) is 5.67. The smallest absolute Gasteiger partial charge is 0.266 e. The van der Waals surface area contributed by atoms with E-state index in [1.165, 1.54) is 16.9 Å². The van der Waals surface area contributed by atoms with Crippen LogP contribution >= 0.6 is 11.3 Å². The molecule has 0 unspecified atom stereocenters. The van der Waals surface area contributed by atoms with Crippen molar-refractivity contribution in [1.82, 2.24) is 4.98 Å². The van der Waals surface area contributed by atoms with Crippen molar-refractivity contribution >= 4 is 50.1 Å². The van der Waals surface area contributed by atoms with Gasteiger partial charge in [-0.1, -0.05) is 42.9 Å². The van der Waals surface area contributed by atoms with Crippen molar-refractivity contribution in [2.24, 2.45) is 0 Å². The molecule has 4 aromatic rings. The maximum absolute atomic E-state index is 12.7. The first kappa shape index (κ1) is 21.0. The molecule has 1 N–H and O–H groups in total. The molecule has 1 aliphatic heterocycles. The molecule has 0 saturated heterocycles. The lowest BCUT2D eigenvalue weighted by Crippen LogP contribution is -2.29. The second-order valence-electron chi connectivity index (χ2n) is 7.92. The summed E-state index contributed by atoms with van der Waals surface area (Å²) < 4.78 is 1.04. The molecule has 3 amide bonds. The van der Waals surface area contributed by atoms with Gasteiger partial charge in [-0.25, -0.2) is 9.88 Å². The summed E-state index contributed by atoms with van der Waals surface area (Å²) >= 11 is 1.44. The van der Waals surface area contributed by atoms with E-state index in [2.05, 4.69) is 29.4 Å². The second-order valence-corrected chi connectivity index (χ2v) is 8.95. The molecular formula is C26H21N3O3S. The number of anilines is 2. The standard InChI is InChI=1S/C26H21N3O3S/c1-2-3-6-16-9-14-21-22(15-16)33-26(27-21)28-23(30)17-10-12-18(13-11-17)29-24(31)19-7-4-5-8-20(19)25(29)32/h4-5,7-15H,2-3,6H2,1H3,(H,27,28,30). The van der Waals surface area contributed by atoms with Gasteiger partial charge in [-0.2, -0.15) is 0 Å². The fourth-order valence-electron chi connectivity index (χ4n) is 3.91. The number of fused-ring (bicyclic) bond motifs is 2. The number of imide groups is 1. The summed E-state index contributed by atoms with van der Waals surface area (Å²) in [6.45, 7) is 2.17. The molecule has 0 radical (unpaired) electrons. The van der Waals surface area contributed by atoms with E-state index in [1.807, 2.05) is 6.07 Å². The monoisotopic (exact) mass is 455 g/mol. The average molecular weight is 456 g/mol. The zero-order chi connectivity index (χ0) is 22.9. The summed E-state index contributed by atoms with van der Waals surface area (Å²) in [4.78, 5) is 43.7. The molecule has 0 fully saturated rings. The van der Waals surface area contributed by atoms with E-state index in [4.69, 9.17) is 0 Å². The van der Waals surface area contributed by atoms with Gasteiger partial charge in [0.2, 0.25) is 0 Å². The van der Waals surface area contributed by atoms with Crippen LogP contribution in [0.5, 0.6) is 0 Å². The van der Waals surface area contributed by atoms with Crippen molar-refractivity contribution in [3.8, 4) is 0 Å². The molecular weight excluding hydrogens is 434 g/mol. The molecule has 164 valence electrons. The van der Waals surface area contributed by atoms with Gasteiger partial charge in [0.25, 0.3) is 17.7 Å². The normalized spacial score (nSPS) is 12.9. The maximum Gasteiger partial charge on any atom is 0.266 e. The van der Waals surface area contributed by atoms with Gasteiger partial charge >= 0.3 is 0 Å². The van der Waals surface area contributed by atoms with E-state index in [1.54, 1.807) is 48.5 Å². The number of thiazole rings is 1. The highest BCUT2D eigenvalue weighted by atomic mass is 32.1. The molecule has 0 atom stereocenters. The van der Waals surface area contributed by atoms with Gasteiger partial charge in [0, 0.05) is 5.56 Å². The molecule has 6 nitrogen and oxygen atoms in total. The third kappa shape index (κ3) is 3.91. The van der Waals surface area contributed by atoms with Gasteiger partial charge in [0.15, 0.2) is 5.13 Å². The highest BCUT2D eigenvalue weighted by Gasteiger charge is 2.36.